The smallest absolute Gasteiger partial charge is 0.273 e. The molecule has 0 unspecified atom stereocenters. The van der Waals surface area contributed by atoms with Crippen molar-refractivity contribution in [3.63, 3.8) is 0 Å². The molecule has 0 radical (unpaired) electrons. The molecule has 1 aliphatic carbocycles. The Morgan fingerprint density at radius 2 is 1.90 bits per heavy atom. The van der Waals surface area contributed by atoms with E-state index in [1.54, 1.807) is 0 Å². The van der Waals surface area contributed by atoms with Gasteiger partial charge in [-0.25, -0.2) is 0 Å². The number of benzene rings is 1. The van der Waals surface area contributed by atoms with Gasteiger partial charge < -0.3 is 28.8 Å². The zero-order chi connectivity index (χ0) is 14.0. The molecule has 5 fully saturated rings. The van der Waals surface area contributed by atoms with Gasteiger partial charge in [0.25, 0.3) is 6.48 Å². The molecule has 4 saturated heterocycles. The summed E-state index contributed by atoms with van der Waals surface area (Å²) >= 11 is 0. The maximum atomic E-state index is 10.4. The van der Waals surface area contributed by atoms with Gasteiger partial charge in [0.05, 0.1) is 13.2 Å². The zero-order valence-corrected chi connectivity index (χ0v) is 11.3. The summed E-state index contributed by atoms with van der Waals surface area (Å²) in [6, 6.07) is 9.90. The lowest BCUT2D eigenvalue weighted by molar-refractivity contribution is -0.481. The first-order chi connectivity index (χ1) is 10.3. The monoisotopic (exact) mass is 292 g/mol. The molecule has 1 spiro atoms. The van der Waals surface area contributed by atoms with E-state index in [-0.39, 0.29) is 18.3 Å². The Balaban J connectivity index is 1.39. The first-order valence-electron chi connectivity index (χ1n) is 7.22. The predicted octanol–water partition coefficient (Wildman–Crippen LogP) is 0.182. The fourth-order valence-corrected chi connectivity index (χ4v) is 3.64. The van der Waals surface area contributed by atoms with Crippen LogP contribution in [0.2, 0.25) is 0 Å². The third kappa shape index (κ3) is 1.69. The van der Waals surface area contributed by atoms with E-state index < -0.39 is 24.3 Å². The van der Waals surface area contributed by atoms with Crippen LogP contribution < -0.4 is 0 Å². The molecule has 4 aliphatic heterocycles. The molecule has 6 rings (SSSR count). The van der Waals surface area contributed by atoms with E-state index in [1.165, 1.54) is 0 Å². The van der Waals surface area contributed by atoms with Gasteiger partial charge in [-0.15, -0.1) is 0 Å². The van der Waals surface area contributed by atoms with E-state index in [4.69, 9.17) is 23.7 Å². The molecule has 0 amide bonds. The van der Waals surface area contributed by atoms with Crippen LogP contribution in [0, 0.1) is 0 Å². The van der Waals surface area contributed by atoms with E-state index in [9.17, 15) is 5.11 Å². The van der Waals surface area contributed by atoms with Gasteiger partial charge in [-0.3, -0.25) is 0 Å². The average Bonchev–Trinajstić information content (AvgIpc) is 3.30. The van der Waals surface area contributed by atoms with Gasteiger partial charge in [0.1, 0.15) is 36.1 Å². The number of epoxide rings is 1. The number of hydrogen-bond acceptors (Lipinski definition) is 6. The summed E-state index contributed by atoms with van der Waals surface area (Å²) in [5.74, 6) is 0. The van der Waals surface area contributed by atoms with Crippen molar-refractivity contribution in [2.24, 2.45) is 0 Å². The Morgan fingerprint density at radius 3 is 2.67 bits per heavy atom. The number of hydrogen-bond donors (Lipinski definition) is 1. The molecule has 112 valence electrons. The van der Waals surface area contributed by atoms with Gasteiger partial charge >= 0.3 is 0 Å². The lowest BCUT2D eigenvalue weighted by Crippen LogP contribution is -2.77. The molecule has 6 nitrogen and oxygen atoms in total. The molecule has 4 heterocycles. The van der Waals surface area contributed by atoms with Gasteiger partial charge in [0.2, 0.25) is 0 Å². The van der Waals surface area contributed by atoms with Crippen LogP contribution in [0.1, 0.15) is 5.56 Å². The zero-order valence-electron chi connectivity index (χ0n) is 11.3. The SMILES string of the molecule is O[C@@H]1[C@H]2O[C@H]3O[C@H]1[C@]1(CO1)[C@@H](O3)[C@H]2OCc1ccccc1. The molecule has 1 saturated carbocycles. The molecule has 0 aromatic heterocycles. The highest BCUT2D eigenvalue weighted by atomic mass is 16.9. The Bertz CT molecular complexity index is 544. The molecule has 6 heteroatoms. The largest absolute Gasteiger partial charge is 0.387 e. The Labute approximate surface area is 121 Å². The van der Waals surface area contributed by atoms with E-state index in [0.29, 0.717) is 13.2 Å². The lowest BCUT2D eigenvalue weighted by Gasteiger charge is -2.57. The van der Waals surface area contributed by atoms with Crippen LogP contribution in [-0.4, -0.2) is 54.3 Å². The van der Waals surface area contributed by atoms with Crippen LogP contribution in [0.5, 0.6) is 0 Å². The second-order valence-corrected chi connectivity index (χ2v) is 6.00. The van der Waals surface area contributed by atoms with Crippen molar-refractivity contribution in [2.45, 2.75) is 49.2 Å². The Hall–Kier alpha value is -1.02. The Kier molecular flexibility index (Phi) is 2.54. The van der Waals surface area contributed by atoms with Gasteiger partial charge in [0, 0.05) is 0 Å². The molecule has 1 aromatic rings. The van der Waals surface area contributed by atoms with Crippen LogP contribution in [-0.2, 0) is 30.3 Å². The van der Waals surface area contributed by atoms with Crippen LogP contribution in [0.4, 0.5) is 0 Å². The van der Waals surface area contributed by atoms with Gasteiger partial charge in [-0.1, -0.05) is 30.3 Å². The van der Waals surface area contributed by atoms with E-state index >= 15 is 0 Å². The topological polar surface area (TPSA) is 69.7 Å². The van der Waals surface area contributed by atoms with Crippen molar-refractivity contribution in [2.75, 3.05) is 6.61 Å². The van der Waals surface area contributed by atoms with Crippen molar-refractivity contribution < 1.29 is 28.8 Å². The normalized spacial score (nSPS) is 49.8. The van der Waals surface area contributed by atoms with Crippen LogP contribution in [0.15, 0.2) is 30.3 Å². The van der Waals surface area contributed by atoms with Gasteiger partial charge in [0.15, 0.2) is 0 Å². The summed E-state index contributed by atoms with van der Waals surface area (Å²) in [6.45, 7) is 0.272. The van der Waals surface area contributed by atoms with E-state index in [2.05, 4.69) is 0 Å². The number of aliphatic hydroxyl groups excluding tert-OH is 1. The molecular weight excluding hydrogens is 276 g/mol. The maximum Gasteiger partial charge on any atom is 0.273 e. The highest BCUT2D eigenvalue weighted by Crippen LogP contribution is 2.53. The first kappa shape index (κ1) is 12.5. The predicted molar refractivity (Wildman–Crippen MR) is 68.1 cm³/mol. The summed E-state index contributed by atoms with van der Waals surface area (Å²) in [6.07, 6.45) is -2.14. The van der Waals surface area contributed by atoms with Crippen LogP contribution in [0.25, 0.3) is 0 Å². The molecule has 1 aromatic carbocycles. The highest BCUT2D eigenvalue weighted by Gasteiger charge is 2.75. The minimum atomic E-state index is -0.746. The fraction of sp³-hybridized carbons (Fsp3) is 0.600. The summed E-state index contributed by atoms with van der Waals surface area (Å²) < 4.78 is 28.5. The van der Waals surface area contributed by atoms with Crippen molar-refractivity contribution >= 4 is 0 Å². The molecule has 21 heavy (non-hydrogen) atoms. The molecule has 7 atom stereocenters. The third-order valence-corrected chi connectivity index (χ3v) is 4.78. The first-order valence-corrected chi connectivity index (χ1v) is 7.22. The quantitative estimate of drug-likeness (QED) is 0.802. The van der Waals surface area contributed by atoms with Gasteiger partial charge in [-0.05, 0) is 5.56 Å². The van der Waals surface area contributed by atoms with E-state index in [0.717, 1.165) is 5.56 Å². The fourth-order valence-electron chi connectivity index (χ4n) is 3.64. The van der Waals surface area contributed by atoms with Gasteiger partial charge in [-0.2, -0.15) is 0 Å². The molecular formula is C15H16O6. The standard InChI is InChI=1S/C15H16O6/c16-9-10-11(17-6-8-4-2-1-3-5-8)13-15(7-18-15)12(9)20-14(19-10)21-13/h1-5,9-14,16H,6-7H2/t9-,10-,11+,12-,13+,14+,15-/m1/s1. The molecule has 5 aliphatic rings. The second kappa shape index (κ2) is 4.25. The minimum absolute atomic E-state index is 0.243. The minimum Gasteiger partial charge on any atom is -0.387 e. The summed E-state index contributed by atoms with van der Waals surface area (Å²) in [5, 5.41) is 10.4. The van der Waals surface area contributed by atoms with Crippen molar-refractivity contribution in [1.29, 1.82) is 0 Å². The molecule has 4 bridgehead atoms. The Morgan fingerprint density at radius 1 is 1.14 bits per heavy atom. The summed E-state index contributed by atoms with van der Waals surface area (Å²) in [4.78, 5) is 0. The van der Waals surface area contributed by atoms with Crippen molar-refractivity contribution in [3.05, 3.63) is 35.9 Å². The lowest BCUT2D eigenvalue weighted by atomic mass is 9.76. The second-order valence-electron chi connectivity index (χ2n) is 6.00. The van der Waals surface area contributed by atoms with Crippen LogP contribution >= 0.6 is 0 Å². The summed E-state index contributed by atoms with van der Waals surface area (Å²) in [5.41, 5.74) is 0.514. The third-order valence-electron chi connectivity index (χ3n) is 4.78. The van der Waals surface area contributed by atoms with Crippen molar-refractivity contribution in [1.82, 2.24) is 0 Å². The van der Waals surface area contributed by atoms with Crippen molar-refractivity contribution in [3.8, 4) is 0 Å². The maximum absolute atomic E-state index is 10.4. The molecule has 1 N–H and O–H groups in total. The summed E-state index contributed by atoms with van der Waals surface area (Å²) in [7, 11) is 0. The van der Waals surface area contributed by atoms with Crippen LogP contribution in [0.3, 0.4) is 0 Å². The highest BCUT2D eigenvalue weighted by molar-refractivity contribution is 5.21. The average molecular weight is 292 g/mol. The van der Waals surface area contributed by atoms with E-state index in [1.807, 2.05) is 30.3 Å². The number of aliphatic hydroxyl groups is 1. The number of ether oxygens (including phenoxy) is 5. The number of rotatable bonds is 3.